The van der Waals surface area contributed by atoms with Crippen molar-refractivity contribution in [2.45, 2.75) is 39.8 Å². The van der Waals surface area contributed by atoms with Gasteiger partial charge in [-0.25, -0.2) is 0 Å². The number of nitrogens with zero attached hydrogens (tertiary/aromatic N) is 1. The van der Waals surface area contributed by atoms with Gasteiger partial charge in [0.05, 0.1) is 11.0 Å². The molecular formula is C14H21FN2O3. The van der Waals surface area contributed by atoms with Gasteiger partial charge in [0, 0.05) is 19.2 Å². The van der Waals surface area contributed by atoms with Gasteiger partial charge in [0.2, 0.25) is 5.82 Å². The fourth-order valence-electron chi connectivity index (χ4n) is 1.97. The van der Waals surface area contributed by atoms with Crippen molar-refractivity contribution in [1.82, 2.24) is 5.32 Å². The SMILES string of the molecule is CC(C)(C)CC(O)CNCc1ccc([N+](=O)[O-])c(F)c1. The number of rotatable bonds is 6. The number of benzene rings is 1. The Balaban J connectivity index is 2.47. The van der Waals surface area contributed by atoms with E-state index in [0.717, 1.165) is 12.1 Å². The number of hydrogen-bond donors (Lipinski definition) is 2. The third kappa shape index (κ3) is 5.63. The molecule has 0 radical (unpaired) electrons. The molecule has 5 nitrogen and oxygen atoms in total. The van der Waals surface area contributed by atoms with Crippen molar-refractivity contribution in [1.29, 1.82) is 0 Å². The van der Waals surface area contributed by atoms with Gasteiger partial charge in [0.1, 0.15) is 0 Å². The van der Waals surface area contributed by atoms with Crippen molar-refractivity contribution < 1.29 is 14.4 Å². The Morgan fingerprint density at radius 1 is 1.45 bits per heavy atom. The maximum absolute atomic E-state index is 13.4. The molecule has 6 heteroatoms. The predicted molar refractivity (Wildman–Crippen MR) is 74.8 cm³/mol. The first-order valence-corrected chi connectivity index (χ1v) is 6.50. The molecule has 0 aliphatic heterocycles. The Bertz CT molecular complexity index is 472. The molecule has 1 aromatic carbocycles. The molecule has 1 unspecified atom stereocenters. The van der Waals surface area contributed by atoms with Crippen LogP contribution in [0.5, 0.6) is 0 Å². The van der Waals surface area contributed by atoms with E-state index in [9.17, 15) is 19.6 Å². The van der Waals surface area contributed by atoms with Crippen molar-refractivity contribution in [2.24, 2.45) is 5.41 Å². The summed E-state index contributed by atoms with van der Waals surface area (Å²) >= 11 is 0. The normalized spacial score (nSPS) is 13.2. The molecule has 0 aliphatic carbocycles. The van der Waals surface area contributed by atoms with E-state index < -0.39 is 22.5 Å². The van der Waals surface area contributed by atoms with Gasteiger partial charge in [-0.2, -0.15) is 4.39 Å². The van der Waals surface area contributed by atoms with Gasteiger partial charge in [0.15, 0.2) is 0 Å². The highest BCUT2D eigenvalue weighted by atomic mass is 19.1. The van der Waals surface area contributed by atoms with Crippen LogP contribution in [0.1, 0.15) is 32.8 Å². The van der Waals surface area contributed by atoms with Crippen LogP contribution >= 0.6 is 0 Å². The molecule has 0 fully saturated rings. The van der Waals surface area contributed by atoms with Gasteiger partial charge in [0.25, 0.3) is 0 Å². The quantitative estimate of drug-likeness (QED) is 0.622. The molecule has 0 aromatic heterocycles. The summed E-state index contributed by atoms with van der Waals surface area (Å²) in [6, 6.07) is 3.80. The molecule has 2 N–H and O–H groups in total. The third-order valence-corrected chi connectivity index (χ3v) is 2.77. The standard InChI is InChI=1S/C14H21FN2O3/c1-14(2,3)7-11(18)9-16-8-10-4-5-13(17(19)20)12(15)6-10/h4-6,11,16,18H,7-9H2,1-3H3. The van der Waals surface area contributed by atoms with Crippen molar-refractivity contribution >= 4 is 5.69 Å². The second-order valence-corrected chi connectivity index (χ2v) is 6.09. The molecule has 1 rings (SSSR count). The number of halogens is 1. The zero-order valence-electron chi connectivity index (χ0n) is 12.0. The highest BCUT2D eigenvalue weighted by molar-refractivity contribution is 5.34. The molecule has 1 atom stereocenters. The van der Waals surface area contributed by atoms with Gasteiger partial charge >= 0.3 is 5.69 Å². The van der Waals surface area contributed by atoms with Gasteiger partial charge in [-0.05, 0) is 23.5 Å². The van der Waals surface area contributed by atoms with Crippen molar-refractivity contribution in [3.05, 3.63) is 39.7 Å². The smallest absolute Gasteiger partial charge is 0.304 e. The van der Waals surface area contributed by atoms with Gasteiger partial charge < -0.3 is 10.4 Å². The van der Waals surface area contributed by atoms with Crippen LogP contribution in [0.2, 0.25) is 0 Å². The number of aliphatic hydroxyl groups excluding tert-OH is 1. The monoisotopic (exact) mass is 284 g/mol. The largest absolute Gasteiger partial charge is 0.392 e. The molecule has 0 heterocycles. The van der Waals surface area contributed by atoms with Crippen LogP contribution in [-0.4, -0.2) is 22.7 Å². The lowest BCUT2D eigenvalue weighted by atomic mass is 9.89. The molecule has 112 valence electrons. The Morgan fingerprint density at radius 2 is 2.10 bits per heavy atom. The zero-order valence-corrected chi connectivity index (χ0v) is 12.0. The Morgan fingerprint density at radius 3 is 2.60 bits per heavy atom. The van der Waals surface area contributed by atoms with E-state index in [4.69, 9.17) is 0 Å². The Hall–Kier alpha value is -1.53. The molecule has 0 saturated heterocycles. The second kappa shape index (κ2) is 6.76. The summed E-state index contributed by atoms with van der Waals surface area (Å²) in [5.41, 5.74) is 0.123. The van der Waals surface area contributed by atoms with E-state index in [1.807, 2.05) is 20.8 Å². The summed E-state index contributed by atoms with van der Waals surface area (Å²) in [5.74, 6) is -0.843. The van der Waals surface area contributed by atoms with Crippen molar-refractivity contribution in [2.75, 3.05) is 6.54 Å². The first kappa shape index (κ1) is 16.5. The van der Waals surface area contributed by atoms with Crippen molar-refractivity contribution in [3.63, 3.8) is 0 Å². The fourth-order valence-corrected chi connectivity index (χ4v) is 1.97. The minimum absolute atomic E-state index is 0.0422. The summed E-state index contributed by atoms with van der Waals surface area (Å²) in [6.45, 7) is 6.89. The highest BCUT2D eigenvalue weighted by Gasteiger charge is 2.17. The van der Waals surface area contributed by atoms with Gasteiger partial charge in [-0.15, -0.1) is 0 Å². The topological polar surface area (TPSA) is 75.4 Å². The summed E-state index contributed by atoms with van der Waals surface area (Å²) in [4.78, 5) is 9.74. The molecule has 1 aromatic rings. The van der Waals surface area contributed by atoms with E-state index in [-0.39, 0.29) is 5.41 Å². The average molecular weight is 284 g/mol. The zero-order chi connectivity index (χ0) is 15.3. The number of nitrogens with one attached hydrogen (secondary N) is 1. The van der Waals surface area contributed by atoms with E-state index in [0.29, 0.717) is 25.1 Å². The lowest BCUT2D eigenvalue weighted by Crippen LogP contribution is -2.29. The predicted octanol–water partition coefficient (Wildman–Crippen LogP) is 2.62. The number of nitro groups is 1. The van der Waals surface area contributed by atoms with E-state index in [1.54, 1.807) is 0 Å². The van der Waals surface area contributed by atoms with Crippen LogP contribution in [0.25, 0.3) is 0 Å². The van der Waals surface area contributed by atoms with Crippen LogP contribution in [0.3, 0.4) is 0 Å². The molecule has 0 bridgehead atoms. The lowest BCUT2D eigenvalue weighted by molar-refractivity contribution is -0.387. The summed E-state index contributed by atoms with van der Waals surface area (Å²) in [6.07, 6.45) is 0.187. The Labute approximate surface area is 118 Å². The van der Waals surface area contributed by atoms with E-state index in [2.05, 4.69) is 5.32 Å². The molecule has 20 heavy (non-hydrogen) atoms. The average Bonchev–Trinajstić information content (AvgIpc) is 2.25. The van der Waals surface area contributed by atoms with Crippen LogP contribution in [-0.2, 0) is 6.54 Å². The van der Waals surface area contributed by atoms with Gasteiger partial charge in [-0.3, -0.25) is 10.1 Å². The fraction of sp³-hybridized carbons (Fsp3) is 0.571. The van der Waals surface area contributed by atoms with E-state index >= 15 is 0 Å². The number of hydrogen-bond acceptors (Lipinski definition) is 4. The molecule has 0 spiro atoms. The Kier molecular flexibility index (Phi) is 5.59. The number of aliphatic hydroxyl groups is 1. The lowest BCUT2D eigenvalue weighted by Gasteiger charge is -2.22. The van der Waals surface area contributed by atoms with Gasteiger partial charge in [-0.1, -0.05) is 26.8 Å². The molecular weight excluding hydrogens is 263 g/mol. The van der Waals surface area contributed by atoms with Crippen LogP contribution in [0, 0.1) is 21.3 Å². The second-order valence-electron chi connectivity index (χ2n) is 6.09. The first-order chi connectivity index (χ1) is 9.19. The molecule has 0 amide bonds. The molecule has 0 saturated carbocycles. The first-order valence-electron chi connectivity index (χ1n) is 6.50. The number of nitro benzene ring substituents is 1. The van der Waals surface area contributed by atoms with Crippen LogP contribution in [0.4, 0.5) is 10.1 Å². The highest BCUT2D eigenvalue weighted by Crippen LogP contribution is 2.20. The van der Waals surface area contributed by atoms with Crippen LogP contribution < -0.4 is 5.32 Å². The summed E-state index contributed by atoms with van der Waals surface area (Å²) in [5, 5.41) is 23.3. The summed E-state index contributed by atoms with van der Waals surface area (Å²) < 4.78 is 13.4. The maximum atomic E-state index is 13.4. The summed E-state index contributed by atoms with van der Waals surface area (Å²) in [7, 11) is 0. The van der Waals surface area contributed by atoms with Crippen molar-refractivity contribution in [3.8, 4) is 0 Å². The third-order valence-electron chi connectivity index (χ3n) is 2.77. The van der Waals surface area contributed by atoms with Crippen LogP contribution in [0.15, 0.2) is 18.2 Å². The molecule has 0 aliphatic rings. The minimum Gasteiger partial charge on any atom is -0.392 e. The van der Waals surface area contributed by atoms with E-state index in [1.165, 1.54) is 6.07 Å². The maximum Gasteiger partial charge on any atom is 0.304 e. The minimum atomic E-state index is -0.843.